The summed E-state index contributed by atoms with van der Waals surface area (Å²) >= 11 is 0. The Labute approximate surface area is 114 Å². The Balaban J connectivity index is 4.13. The third kappa shape index (κ3) is 7.94. The van der Waals surface area contributed by atoms with Gasteiger partial charge >= 0.3 is 5.97 Å². The lowest BCUT2D eigenvalue weighted by atomic mass is 9.91. The molecule has 0 fully saturated rings. The maximum atomic E-state index is 11.8. The highest BCUT2D eigenvalue weighted by Gasteiger charge is 2.28. The summed E-state index contributed by atoms with van der Waals surface area (Å²) in [5.74, 6) is -0.332. The molecule has 0 aliphatic heterocycles. The minimum Gasteiger partial charge on any atom is -0.462 e. The van der Waals surface area contributed by atoms with Crippen LogP contribution in [-0.4, -0.2) is 37.2 Å². The van der Waals surface area contributed by atoms with Crippen molar-refractivity contribution in [2.45, 2.75) is 40.2 Å². The van der Waals surface area contributed by atoms with E-state index in [2.05, 4.69) is 11.5 Å². The SMILES string of the molecule is C=C(C)COOC(COO)COC(=O)C(C)(C)CC. The summed E-state index contributed by atoms with van der Waals surface area (Å²) in [7, 11) is 0. The lowest BCUT2D eigenvalue weighted by Gasteiger charge is -2.22. The summed E-state index contributed by atoms with van der Waals surface area (Å²) in [5, 5.41) is 8.42. The van der Waals surface area contributed by atoms with E-state index >= 15 is 0 Å². The topological polar surface area (TPSA) is 74.2 Å². The molecule has 19 heavy (non-hydrogen) atoms. The van der Waals surface area contributed by atoms with Crippen molar-refractivity contribution in [1.82, 2.24) is 0 Å². The highest BCUT2D eigenvalue weighted by molar-refractivity contribution is 5.75. The molecule has 0 aromatic carbocycles. The van der Waals surface area contributed by atoms with E-state index in [4.69, 9.17) is 19.8 Å². The van der Waals surface area contributed by atoms with E-state index in [1.54, 1.807) is 20.8 Å². The Morgan fingerprint density at radius 1 is 1.37 bits per heavy atom. The van der Waals surface area contributed by atoms with Gasteiger partial charge in [0.2, 0.25) is 0 Å². The van der Waals surface area contributed by atoms with Gasteiger partial charge in [-0.15, -0.1) is 0 Å². The van der Waals surface area contributed by atoms with Crippen LogP contribution >= 0.6 is 0 Å². The second-order valence-corrected chi connectivity index (χ2v) is 5.07. The van der Waals surface area contributed by atoms with Crippen LogP contribution in [0.5, 0.6) is 0 Å². The van der Waals surface area contributed by atoms with Gasteiger partial charge < -0.3 is 4.74 Å². The highest BCUT2D eigenvalue weighted by atomic mass is 17.2. The fourth-order valence-corrected chi connectivity index (χ4v) is 0.926. The molecular formula is C13H24O6. The minimum absolute atomic E-state index is 0.0565. The van der Waals surface area contributed by atoms with Gasteiger partial charge in [-0.2, -0.15) is 0 Å². The van der Waals surface area contributed by atoms with Crippen LogP contribution in [0, 0.1) is 5.41 Å². The number of ether oxygens (including phenoxy) is 1. The van der Waals surface area contributed by atoms with Crippen molar-refractivity contribution in [3.63, 3.8) is 0 Å². The Morgan fingerprint density at radius 2 is 2.00 bits per heavy atom. The largest absolute Gasteiger partial charge is 0.462 e. The lowest BCUT2D eigenvalue weighted by molar-refractivity contribution is -0.354. The van der Waals surface area contributed by atoms with Gasteiger partial charge in [-0.05, 0) is 27.2 Å². The van der Waals surface area contributed by atoms with E-state index in [0.29, 0.717) is 6.42 Å². The summed E-state index contributed by atoms with van der Waals surface area (Å²) < 4.78 is 5.11. The van der Waals surface area contributed by atoms with Crippen LogP contribution in [0.4, 0.5) is 0 Å². The number of hydrogen-bond acceptors (Lipinski definition) is 6. The Kier molecular flexibility index (Phi) is 8.58. The van der Waals surface area contributed by atoms with E-state index < -0.39 is 11.5 Å². The van der Waals surface area contributed by atoms with Crippen molar-refractivity contribution >= 4 is 5.97 Å². The number of hydrogen-bond donors (Lipinski definition) is 1. The number of rotatable bonds is 10. The van der Waals surface area contributed by atoms with Gasteiger partial charge in [0.15, 0.2) is 6.10 Å². The predicted molar refractivity (Wildman–Crippen MR) is 69.3 cm³/mol. The van der Waals surface area contributed by atoms with Gasteiger partial charge in [-0.1, -0.05) is 19.1 Å². The van der Waals surface area contributed by atoms with Crippen LogP contribution in [0.25, 0.3) is 0 Å². The second-order valence-electron chi connectivity index (χ2n) is 5.07. The lowest BCUT2D eigenvalue weighted by Crippen LogP contribution is -2.32. The predicted octanol–water partition coefficient (Wildman–Crippen LogP) is 2.35. The molecule has 0 aromatic rings. The molecule has 0 bridgehead atoms. The van der Waals surface area contributed by atoms with Crippen molar-refractivity contribution in [3.05, 3.63) is 12.2 Å². The van der Waals surface area contributed by atoms with Crippen LogP contribution in [0.15, 0.2) is 12.2 Å². The van der Waals surface area contributed by atoms with Gasteiger partial charge in [0, 0.05) is 0 Å². The van der Waals surface area contributed by atoms with Gasteiger partial charge in [-0.3, -0.25) is 10.1 Å². The van der Waals surface area contributed by atoms with Gasteiger partial charge in [0.25, 0.3) is 0 Å². The summed E-state index contributed by atoms with van der Waals surface area (Å²) in [6, 6.07) is 0. The standard InChI is InChI=1S/C13H24O6/c1-6-13(4,5)12(14)16-8-11(9-17-15)19-18-7-10(2)3/h11,15H,2,6-9H2,1,3-5H3. The maximum absolute atomic E-state index is 11.8. The zero-order chi connectivity index (χ0) is 14.9. The normalized spacial score (nSPS) is 13.1. The van der Waals surface area contributed by atoms with Crippen molar-refractivity contribution in [2.24, 2.45) is 5.41 Å². The first-order valence-corrected chi connectivity index (χ1v) is 6.19. The summed E-state index contributed by atoms with van der Waals surface area (Å²) in [5.41, 5.74) is 0.233. The molecule has 1 N–H and O–H groups in total. The molecule has 0 aromatic heterocycles. The monoisotopic (exact) mass is 276 g/mol. The van der Waals surface area contributed by atoms with Crippen molar-refractivity contribution in [3.8, 4) is 0 Å². The van der Waals surface area contributed by atoms with E-state index in [0.717, 1.165) is 5.57 Å². The molecule has 0 amide bonds. The maximum Gasteiger partial charge on any atom is 0.311 e. The Bertz CT molecular complexity index is 287. The third-order valence-corrected chi connectivity index (χ3v) is 2.61. The second kappa shape index (κ2) is 9.03. The summed E-state index contributed by atoms with van der Waals surface area (Å²) in [6.07, 6.45) is -0.0269. The van der Waals surface area contributed by atoms with Crippen LogP contribution in [0.1, 0.15) is 34.1 Å². The molecule has 6 nitrogen and oxygen atoms in total. The average molecular weight is 276 g/mol. The van der Waals surface area contributed by atoms with Crippen molar-refractivity contribution in [2.75, 3.05) is 19.8 Å². The quantitative estimate of drug-likeness (QED) is 0.286. The zero-order valence-electron chi connectivity index (χ0n) is 12.1. The molecule has 0 spiro atoms. The van der Waals surface area contributed by atoms with E-state index in [1.165, 1.54) is 0 Å². The van der Waals surface area contributed by atoms with E-state index in [-0.39, 0.29) is 25.8 Å². The van der Waals surface area contributed by atoms with Crippen molar-refractivity contribution < 1.29 is 29.5 Å². The molecule has 0 rings (SSSR count). The summed E-state index contributed by atoms with van der Waals surface area (Å²) in [6.45, 7) is 10.9. The molecule has 1 atom stereocenters. The molecule has 0 aliphatic rings. The molecule has 112 valence electrons. The first-order valence-electron chi connectivity index (χ1n) is 6.19. The average Bonchev–Trinajstić information content (AvgIpc) is 2.34. The first-order chi connectivity index (χ1) is 8.83. The zero-order valence-corrected chi connectivity index (χ0v) is 12.1. The van der Waals surface area contributed by atoms with Crippen LogP contribution < -0.4 is 0 Å². The van der Waals surface area contributed by atoms with E-state index in [1.807, 2.05) is 6.92 Å². The molecule has 0 aliphatic carbocycles. The van der Waals surface area contributed by atoms with E-state index in [9.17, 15) is 4.79 Å². The molecule has 0 saturated carbocycles. The van der Waals surface area contributed by atoms with Crippen LogP contribution in [0.2, 0.25) is 0 Å². The fourth-order valence-electron chi connectivity index (χ4n) is 0.926. The molecule has 6 heteroatoms. The fraction of sp³-hybridized carbons (Fsp3) is 0.769. The summed E-state index contributed by atoms with van der Waals surface area (Å²) in [4.78, 5) is 25.6. The molecule has 1 unspecified atom stereocenters. The number of carbonyl (C=O) groups excluding carboxylic acids is 1. The third-order valence-electron chi connectivity index (χ3n) is 2.61. The molecule has 0 radical (unpaired) electrons. The van der Waals surface area contributed by atoms with Gasteiger partial charge in [0.05, 0.1) is 5.41 Å². The molecule has 0 heterocycles. The smallest absolute Gasteiger partial charge is 0.311 e. The van der Waals surface area contributed by atoms with Gasteiger partial charge in [-0.25, -0.2) is 14.7 Å². The highest BCUT2D eigenvalue weighted by Crippen LogP contribution is 2.21. The molecule has 0 saturated heterocycles. The van der Waals surface area contributed by atoms with Gasteiger partial charge in [0.1, 0.15) is 19.8 Å². The number of esters is 1. The van der Waals surface area contributed by atoms with Crippen molar-refractivity contribution in [1.29, 1.82) is 0 Å². The Morgan fingerprint density at radius 3 is 2.47 bits per heavy atom. The molecular weight excluding hydrogens is 252 g/mol. The van der Waals surface area contributed by atoms with Crippen LogP contribution in [0.3, 0.4) is 0 Å². The Hall–Kier alpha value is -0.950. The minimum atomic E-state index is -0.694. The number of carbonyl (C=O) groups is 1. The first kappa shape index (κ1) is 18.0. The van der Waals surface area contributed by atoms with Crippen LogP contribution in [-0.2, 0) is 24.2 Å².